The minimum Gasteiger partial charge on any atom is -0.402 e. The Morgan fingerprint density at radius 1 is 1.73 bits per heavy atom. The highest BCUT2D eigenvalue weighted by molar-refractivity contribution is 5.58. The minimum atomic E-state index is 0.0273. The monoisotopic (exact) mass is 154 g/mol. The Bertz CT molecular complexity index is 161. The third kappa shape index (κ3) is 2.74. The highest BCUT2D eigenvalue weighted by Crippen LogP contribution is 2.29. The normalized spacial score (nSPS) is 16.6. The van der Waals surface area contributed by atoms with Crippen molar-refractivity contribution >= 4 is 6.21 Å². The Labute approximate surface area is 69.2 Å². The lowest BCUT2D eigenvalue weighted by Crippen LogP contribution is -2.23. The lowest BCUT2D eigenvalue weighted by molar-refractivity contribution is 0.399. The van der Waals surface area contributed by atoms with E-state index in [1.807, 2.05) is 6.21 Å². The van der Waals surface area contributed by atoms with Crippen LogP contribution in [0.15, 0.2) is 17.3 Å². The van der Waals surface area contributed by atoms with Crippen molar-refractivity contribution in [3.63, 3.8) is 0 Å². The third-order valence-corrected chi connectivity index (χ3v) is 2.28. The van der Waals surface area contributed by atoms with Crippen LogP contribution >= 0.6 is 0 Å². The molecule has 0 aliphatic carbocycles. The lowest BCUT2D eigenvalue weighted by atomic mass is 9.82. The van der Waals surface area contributed by atoms with Crippen LogP contribution in [-0.4, -0.2) is 13.3 Å². The molecule has 2 N–H and O–H groups in total. The highest BCUT2D eigenvalue weighted by atomic mass is 14.7. The first kappa shape index (κ1) is 10.2. The molecular formula is C9H18N2. The van der Waals surface area contributed by atoms with Gasteiger partial charge in [0.1, 0.15) is 0 Å². The largest absolute Gasteiger partial charge is 0.402 e. The van der Waals surface area contributed by atoms with Gasteiger partial charge in [-0.1, -0.05) is 20.4 Å². The van der Waals surface area contributed by atoms with Crippen LogP contribution in [0.5, 0.6) is 0 Å². The van der Waals surface area contributed by atoms with Crippen LogP contribution in [0, 0.1) is 5.41 Å². The predicted molar refractivity (Wildman–Crippen MR) is 50.8 cm³/mol. The molecule has 0 heterocycles. The Balaban J connectivity index is 4.22. The molecule has 0 bridgehead atoms. The number of nitrogens with zero attached hydrogens (tertiary/aromatic N) is 1. The first-order valence-electron chi connectivity index (χ1n) is 3.92. The number of allylic oxidation sites excluding steroid dienone is 1. The van der Waals surface area contributed by atoms with Crippen molar-refractivity contribution in [3.8, 4) is 0 Å². The molecule has 0 aromatic heterocycles. The van der Waals surface area contributed by atoms with E-state index in [-0.39, 0.29) is 5.41 Å². The van der Waals surface area contributed by atoms with Gasteiger partial charge in [-0.25, -0.2) is 0 Å². The molecule has 64 valence electrons. The standard InChI is InChI=1S/C9H18N2/c1-5-9(3,8(2)10)6-7-11-4/h7H,2,5-6,10H2,1,3-4H3. The maximum atomic E-state index is 5.67. The quantitative estimate of drug-likeness (QED) is 0.618. The molecule has 0 aromatic carbocycles. The van der Waals surface area contributed by atoms with Crippen molar-refractivity contribution < 1.29 is 0 Å². The van der Waals surface area contributed by atoms with E-state index in [4.69, 9.17) is 5.73 Å². The average Bonchev–Trinajstić information content (AvgIpc) is 2.00. The second kappa shape index (κ2) is 4.16. The van der Waals surface area contributed by atoms with Crippen molar-refractivity contribution in [3.05, 3.63) is 12.3 Å². The molecule has 1 unspecified atom stereocenters. The van der Waals surface area contributed by atoms with Crippen molar-refractivity contribution in [1.29, 1.82) is 0 Å². The summed E-state index contributed by atoms with van der Waals surface area (Å²) in [7, 11) is 1.77. The SMILES string of the molecule is C=C(N)C(C)(CC)CC=NC. The van der Waals surface area contributed by atoms with Gasteiger partial charge in [-0.05, 0) is 19.1 Å². The molecule has 11 heavy (non-hydrogen) atoms. The summed E-state index contributed by atoms with van der Waals surface area (Å²) in [5.41, 5.74) is 6.44. The van der Waals surface area contributed by atoms with Gasteiger partial charge < -0.3 is 10.7 Å². The van der Waals surface area contributed by atoms with Gasteiger partial charge in [-0.2, -0.15) is 0 Å². The first-order chi connectivity index (χ1) is 5.06. The van der Waals surface area contributed by atoms with Crippen molar-refractivity contribution in [2.45, 2.75) is 26.7 Å². The maximum absolute atomic E-state index is 5.67. The summed E-state index contributed by atoms with van der Waals surface area (Å²) in [6, 6.07) is 0. The van der Waals surface area contributed by atoms with E-state index in [0.29, 0.717) is 0 Å². The molecule has 0 fully saturated rings. The van der Waals surface area contributed by atoms with Crippen LogP contribution < -0.4 is 5.73 Å². The molecule has 0 amide bonds. The summed E-state index contributed by atoms with van der Waals surface area (Å²) in [5, 5.41) is 0. The van der Waals surface area contributed by atoms with Crippen LogP contribution in [0.2, 0.25) is 0 Å². The smallest absolute Gasteiger partial charge is 0.0273 e. The topological polar surface area (TPSA) is 38.4 Å². The van der Waals surface area contributed by atoms with Gasteiger partial charge in [0.15, 0.2) is 0 Å². The number of hydrogen-bond acceptors (Lipinski definition) is 2. The van der Waals surface area contributed by atoms with E-state index in [1.165, 1.54) is 0 Å². The van der Waals surface area contributed by atoms with E-state index in [1.54, 1.807) is 7.05 Å². The van der Waals surface area contributed by atoms with E-state index in [0.717, 1.165) is 18.5 Å². The highest BCUT2D eigenvalue weighted by Gasteiger charge is 2.22. The Morgan fingerprint density at radius 3 is 2.55 bits per heavy atom. The molecule has 2 nitrogen and oxygen atoms in total. The Hall–Kier alpha value is -0.790. The summed E-state index contributed by atoms with van der Waals surface area (Å²) >= 11 is 0. The molecule has 2 heteroatoms. The number of rotatable bonds is 4. The summed E-state index contributed by atoms with van der Waals surface area (Å²) < 4.78 is 0. The van der Waals surface area contributed by atoms with Gasteiger partial charge in [0.25, 0.3) is 0 Å². The Kier molecular flexibility index (Phi) is 3.86. The first-order valence-corrected chi connectivity index (χ1v) is 3.92. The van der Waals surface area contributed by atoms with Crippen LogP contribution in [-0.2, 0) is 0 Å². The summed E-state index contributed by atoms with van der Waals surface area (Å²) in [6.45, 7) is 7.99. The fourth-order valence-electron chi connectivity index (χ4n) is 0.795. The van der Waals surface area contributed by atoms with Crippen LogP contribution in [0.3, 0.4) is 0 Å². The molecule has 1 atom stereocenters. The zero-order chi connectivity index (χ0) is 8.91. The van der Waals surface area contributed by atoms with Gasteiger partial charge in [-0.15, -0.1) is 0 Å². The summed E-state index contributed by atoms with van der Waals surface area (Å²) in [4.78, 5) is 3.93. The number of aliphatic imine (C=N–C) groups is 1. The third-order valence-electron chi connectivity index (χ3n) is 2.28. The molecular weight excluding hydrogens is 136 g/mol. The fraction of sp³-hybridized carbons (Fsp3) is 0.667. The molecule has 0 radical (unpaired) electrons. The predicted octanol–water partition coefficient (Wildman–Crippen LogP) is 1.97. The van der Waals surface area contributed by atoms with E-state index in [2.05, 4.69) is 25.4 Å². The second-order valence-corrected chi connectivity index (χ2v) is 3.08. The number of hydrogen-bond donors (Lipinski definition) is 1. The van der Waals surface area contributed by atoms with Crippen molar-refractivity contribution in [1.82, 2.24) is 0 Å². The molecule has 0 aromatic rings. The van der Waals surface area contributed by atoms with Crippen molar-refractivity contribution in [2.24, 2.45) is 16.1 Å². The van der Waals surface area contributed by atoms with Gasteiger partial charge in [0, 0.05) is 18.2 Å². The van der Waals surface area contributed by atoms with Crippen LogP contribution in [0.4, 0.5) is 0 Å². The van der Waals surface area contributed by atoms with E-state index in [9.17, 15) is 0 Å². The molecule has 0 saturated heterocycles. The zero-order valence-corrected chi connectivity index (χ0v) is 7.72. The van der Waals surface area contributed by atoms with Gasteiger partial charge in [0.2, 0.25) is 0 Å². The summed E-state index contributed by atoms with van der Waals surface area (Å²) in [5.74, 6) is 0. The van der Waals surface area contributed by atoms with Crippen LogP contribution in [0.25, 0.3) is 0 Å². The fourth-order valence-corrected chi connectivity index (χ4v) is 0.795. The average molecular weight is 154 g/mol. The lowest BCUT2D eigenvalue weighted by Gasteiger charge is -2.26. The molecule has 0 spiro atoms. The second-order valence-electron chi connectivity index (χ2n) is 3.08. The number of nitrogens with two attached hydrogens (primary N) is 1. The van der Waals surface area contributed by atoms with E-state index >= 15 is 0 Å². The van der Waals surface area contributed by atoms with Gasteiger partial charge in [0.05, 0.1) is 0 Å². The molecule has 0 rings (SSSR count). The van der Waals surface area contributed by atoms with Crippen LogP contribution in [0.1, 0.15) is 26.7 Å². The molecule has 0 aliphatic heterocycles. The zero-order valence-electron chi connectivity index (χ0n) is 7.72. The minimum absolute atomic E-state index is 0.0273. The maximum Gasteiger partial charge on any atom is 0.0273 e. The molecule has 0 aliphatic rings. The summed E-state index contributed by atoms with van der Waals surface area (Å²) in [6.07, 6.45) is 3.78. The van der Waals surface area contributed by atoms with Gasteiger partial charge >= 0.3 is 0 Å². The van der Waals surface area contributed by atoms with Crippen molar-refractivity contribution in [2.75, 3.05) is 7.05 Å². The van der Waals surface area contributed by atoms with E-state index < -0.39 is 0 Å². The van der Waals surface area contributed by atoms with Gasteiger partial charge in [-0.3, -0.25) is 0 Å². The molecule has 0 saturated carbocycles. The Morgan fingerprint density at radius 2 is 2.27 bits per heavy atom.